The maximum Gasteiger partial charge on any atom is 0.263 e. The second-order valence-corrected chi connectivity index (χ2v) is 2.77. The summed E-state index contributed by atoms with van der Waals surface area (Å²) >= 11 is 0. The maximum absolute atomic E-state index is 11.2. The quantitative estimate of drug-likeness (QED) is 0.479. The molecule has 0 radical (unpaired) electrons. The van der Waals surface area contributed by atoms with Crippen LogP contribution in [0.5, 0.6) is 0 Å². The Kier molecular flexibility index (Phi) is 0.906. The number of amides is 2. The fourth-order valence-corrected chi connectivity index (χ4v) is 1.41. The minimum Gasteiger partial charge on any atom is -0.288 e. The third kappa shape index (κ3) is 0.618. The van der Waals surface area contributed by atoms with Gasteiger partial charge in [-0.3, -0.25) is 24.1 Å². The van der Waals surface area contributed by atoms with Crippen molar-refractivity contribution in [3.8, 4) is 0 Å². The number of nitrogens with one attached hydrogen (secondary N) is 1. The lowest BCUT2D eigenvalue weighted by Gasteiger charge is -1.99. The maximum atomic E-state index is 11.2. The summed E-state index contributed by atoms with van der Waals surface area (Å²) in [7, 11) is 0. The standard InChI is InChI=1S/C8H3NO4/c10-7-3-1-2-4-6(13-12-4)5(3)8(11)9-7/h1-2H,(H,9,10,11). The SMILES string of the molecule is O=C1NC(=O)c2c1ccc1ooc21. The van der Waals surface area contributed by atoms with Gasteiger partial charge in [-0.05, 0) is 12.1 Å². The van der Waals surface area contributed by atoms with Gasteiger partial charge in [-0.2, -0.15) is 0 Å². The number of carbonyl (C=O) groups excluding carboxylic acids is 2. The summed E-state index contributed by atoms with van der Waals surface area (Å²) in [5, 5.41) is 2.17. The number of hydrogen-bond donors (Lipinski definition) is 1. The van der Waals surface area contributed by atoms with Crippen LogP contribution in [-0.2, 0) is 0 Å². The molecule has 0 atom stereocenters. The molecule has 0 spiro atoms. The van der Waals surface area contributed by atoms with Crippen molar-refractivity contribution in [2.75, 3.05) is 0 Å². The van der Waals surface area contributed by atoms with Gasteiger partial charge >= 0.3 is 0 Å². The first-order valence-corrected chi connectivity index (χ1v) is 3.64. The molecule has 1 aromatic heterocycles. The second kappa shape index (κ2) is 1.82. The first-order valence-electron chi connectivity index (χ1n) is 3.64. The van der Waals surface area contributed by atoms with Gasteiger partial charge in [0.05, 0.1) is 5.56 Å². The van der Waals surface area contributed by atoms with Crippen LogP contribution in [0.1, 0.15) is 20.7 Å². The van der Waals surface area contributed by atoms with Gasteiger partial charge in [-0.15, -0.1) is 0 Å². The molecule has 3 rings (SSSR count). The molecule has 2 aromatic rings. The molecule has 2 heterocycles. The number of benzene rings is 1. The lowest BCUT2D eigenvalue weighted by molar-refractivity contribution is 0.0575. The largest absolute Gasteiger partial charge is 0.288 e. The monoisotopic (exact) mass is 177 g/mol. The van der Waals surface area contributed by atoms with Gasteiger partial charge in [-0.1, -0.05) is 0 Å². The van der Waals surface area contributed by atoms with Crippen molar-refractivity contribution in [2.24, 2.45) is 0 Å². The number of imide groups is 1. The summed E-state index contributed by atoms with van der Waals surface area (Å²) in [5.74, 6) is -0.821. The Morgan fingerprint density at radius 3 is 2.62 bits per heavy atom. The van der Waals surface area contributed by atoms with Crippen molar-refractivity contribution in [3.05, 3.63) is 23.3 Å². The van der Waals surface area contributed by atoms with E-state index in [4.69, 9.17) is 0 Å². The van der Waals surface area contributed by atoms with E-state index in [0.29, 0.717) is 16.7 Å². The first-order chi connectivity index (χ1) is 6.27. The summed E-state index contributed by atoms with van der Waals surface area (Å²) in [4.78, 5) is 22.4. The van der Waals surface area contributed by atoms with Crippen molar-refractivity contribution in [1.29, 1.82) is 0 Å². The zero-order chi connectivity index (χ0) is 9.00. The number of hydrogen-bond acceptors (Lipinski definition) is 4. The molecule has 1 N–H and O–H groups in total. The first kappa shape index (κ1) is 6.47. The Morgan fingerprint density at radius 1 is 1.08 bits per heavy atom. The Bertz CT molecular complexity index is 533. The summed E-state index contributed by atoms with van der Waals surface area (Å²) < 4.78 is 9.22. The molecule has 5 nitrogen and oxygen atoms in total. The van der Waals surface area contributed by atoms with E-state index < -0.39 is 11.8 Å². The third-order valence-electron chi connectivity index (χ3n) is 2.04. The van der Waals surface area contributed by atoms with Crippen LogP contribution in [0.15, 0.2) is 21.3 Å². The molecule has 0 bridgehead atoms. The zero-order valence-electron chi connectivity index (χ0n) is 6.29. The molecule has 1 aliphatic heterocycles. The summed E-state index contributed by atoms with van der Waals surface area (Å²) in [6.45, 7) is 0. The summed E-state index contributed by atoms with van der Waals surface area (Å²) in [6.07, 6.45) is 0. The van der Waals surface area contributed by atoms with Gasteiger partial charge in [0.1, 0.15) is 5.56 Å². The molecular formula is C8H3NO4. The predicted molar refractivity (Wildman–Crippen MR) is 40.3 cm³/mol. The van der Waals surface area contributed by atoms with Crippen molar-refractivity contribution in [2.45, 2.75) is 0 Å². The van der Waals surface area contributed by atoms with E-state index in [1.165, 1.54) is 6.07 Å². The molecule has 0 saturated heterocycles. The third-order valence-corrected chi connectivity index (χ3v) is 2.04. The smallest absolute Gasteiger partial charge is 0.263 e. The van der Waals surface area contributed by atoms with E-state index in [2.05, 4.69) is 14.5 Å². The van der Waals surface area contributed by atoms with Crippen LogP contribution in [0.25, 0.3) is 11.2 Å². The zero-order valence-corrected chi connectivity index (χ0v) is 6.29. The highest BCUT2D eigenvalue weighted by Gasteiger charge is 2.32. The Balaban J connectivity index is 2.46. The minimum absolute atomic E-state index is 0.272. The molecular weight excluding hydrogens is 174 g/mol. The molecule has 0 aliphatic carbocycles. The van der Waals surface area contributed by atoms with Gasteiger partial charge in [-0.25, -0.2) is 0 Å². The molecule has 1 aliphatic rings. The van der Waals surface area contributed by atoms with Gasteiger partial charge in [0.2, 0.25) is 11.2 Å². The van der Waals surface area contributed by atoms with Gasteiger partial charge in [0, 0.05) is 0 Å². The van der Waals surface area contributed by atoms with Crippen molar-refractivity contribution >= 4 is 23.0 Å². The van der Waals surface area contributed by atoms with E-state index in [0.717, 1.165) is 0 Å². The van der Waals surface area contributed by atoms with Crippen LogP contribution >= 0.6 is 0 Å². The highest BCUT2D eigenvalue weighted by atomic mass is 17.0. The normalized spacial score (nSPS) is 15.1. The van der Waals surface area contributed by atoms with Crippen molar-refractivity contribution in [1.82, 2.24) is 5.32 Å². The van der Waals surface area contributed by atoms with Crippen LogP contribution in [0.3, 0.4) is 0 Å². The minimum atomic E-state index is -0.430. The number of rotatable bonds is 0. The molecule has 13 heavy (non-hydrogen) atoms. The molecule has 0 unspecified atom stereocenters. The molecule has 64 valence electrons. The average Bonchev–Trinajstić information content (AvgIpc) is 2.29. The average molecular weight is 177 g/mol. The topological polar surface area (TPSA) is 72.5 Å². The van der Waals surface area contributed by atoms with Crippen LogP contribution in [0, 0.1) is 0 Å². The van der Waals surface area contributed by atoms with E-state index >= 15 is 0 Å². The molecule has 0 fully saturated rings. The number of fused-ring (bicyclic) bond motifs is 3. The van der Waals surface area contributed by atoms with Crippen LogP contribution in [-0.4, -0.2) is 11.8 Å². The van der Waals surface area contributed by atoms with E-state index in [1.807, 2.05) is 0 Å². The molecule has 0 saturated carbocycles. The Hall–Kier alpha value is -2.04. The van der Waals surface area contributed by atoms with E-state index in [1.54, 1.807) is 6.07 Å². The van der Waals surface area contributed by atoms with Gasteiger partial charge in [0.15, 0.2) is 0 Å². The molecule has 1 aromatic carbocycles. The lowest BCUT2D eigenvalue weighted by Crippen LogP contribution is -2.20. The highest BCUT2D eigenvalue weighted by Crippen LogP contribution is 2.28. The van der Waals surface area contributed by atoms with E-state index in [9.17, 15) is 9.59 Å². The Labute approximate surface area is 71.2 Å². The van der Waals surface area contributed by atoms with Gasteiger partial charge < -0.3 is 0 Å². The van der Waals surface area contributed by atoms with Crippen LogP contribution in [0.4, 0.5) is 0 Å². The fourth-order valence-electron chi connectivity index (χ4n) is 1.41. The number of carbonyl (C=O) groups is 2. The fraction of sp³-hybridized carbons (Fsp3) is 0. The highest BCUT2D eigenvalue weighted by molar-refractivity contribution is 6.25. The Morgan fingerprint density at radius 2 is 1.92 bits per heavy atom. The molecule has 2 amide bonds. The van der Waals surface area contributed by atoms with E-state index in [-0.39, 0.29) is 5.56 Å². The summed E-state index contributed by atoms with van der Waals surface area (Å²) in [6, 6.07) is 3.13. The van der Waals surface area contributed by atoms with Crippen molar-refractivity contribution in [3.63, 3.8) is 0 Å². The predicted octanol–water partition coefficient (Wildman–Crippen LogP) is 0.909. The van der Waals surface area contributed by atoms with Gasteiger partial charge in [0.25, 0.3) is 11.8 Å². The second-order valence-electron chi connectivity index (χ2n) is 2.77. The summed E-state index contributed by atoms with van der Waals surface area (Å²) in [5.41, 5.74) is 1.45. The molecule has 5 heteroatoms. The lowest BCUT2D eigenvalue weighted by atomic mass is 10.1. The van der Waals surface area contributed by atoms with Crippen molar-refractivity contribution < 1.29 is 18.7 Å². The van der Waals surface area contributed by atoms with Crippen LogP contribution in [0.2, 0.25) is 0 Å². The van der Waals surface area contributed by atoms with Crippen LogP contribution < -0.4 is 5.32 Å².